The monoisotopic (exact) mass is 320 g/mol. The molecule has 108 valence electrons. The van der Waals surface area contributed by atoms with Crippen LogP contribution in [-0.2, 0) is 4.79 Å². The van der Waals surface area contributed by atoms with Crippen molar-refractivity contribution in [1.29, 1.82) is 0 Å². The van der Waals surface area contributed by atoms with Crippen LogP contribution in [-0.4, -0.2) is 16.4 Å². The molecule has 0 spiro atoms. The first-order valence-corrected chi connectivity index (χ1v) is 8.56. The van der Waals surface area contributed by atoms with Crippen molar-refractivity contribution in [3.8, 4) is 0 Å². The Balaban J connectivity index is 3.09. The summed E-state index contributed by atoms with van der Waals surface area (Å²) in [5, 5.41) is 9.78. The van der Waals surface area contributed by atoms with Gasteiger partial charge in [0.05, 0.1) is 0 Å². The zero-order chi connectivity index (χ0) is 13.6. The van der Waals surface area contributed by atoms with E-state index < -0.39 is 5.97 Å². The zero-order valence-corrected chi connectivity index (χ0v) is 13.4. The third kappa shape index (κ3) is 14.0. The van der Waals surface area contributed by atoms with Crippen molar-refractivity contribution >= 4 is 21.9 Å². The molecule has 0 bridgehead atoms. The highest BCUT2D eigenvalue weighted by molar-refractivity contribution is 9.09. The highest BCUT2D eigenvalue weighted by Crippen LogP contribution is 2.15. The number of hydrogen-bond donors (Lipinski definition) is 1. The highest BCUT2D eigenvalue weighted by atomic mass is 79.9. The first-order chi connectivity index (χ1) is 8.66. The van der Waals surface area contributed by atoms with Crippen molar-refractivity contribution in [2.45, 2.75) is 77.6 Å². The van der Waals surface area contributed by atoms with E-state index in [0.29, 0.717) is 12.3 Å². The standard InChI is InChI=1S/C15H29BrO2/c1-14(13-15(17)18)11-9-7-5-3-2-4-6-8-10-12-16/h14H,2-13H2,1H3,(H,17,18). The van der Waals surface area contributed by atoms with Gasteiger partial charge in [-0.3, -0.25) is 4.79 Å². The molecule has 0 radical (unpaired) electrons. The van der Waals surface area contributed by atoms with Gasteiger partial charge in [-0.1, -0.05) is 80.6 Å². The van der Waals surface area contributed by atoms with E-state index in [-0.39, 0.29) is 0 Å². The molecule has 0 aromatic rings. The van der Waals surface area contributed by atoms with E-state index >= 15 is 0 Å². The zero-order valence-electron chi connectivity index (χ0n) is 11.8. The van der Waals surface area contributed by atoms with E-state index in [9.17, 15) is 4.79 Å². The summed E-state index contributed by atoms with van der Waals surface area (Å²) < 4.78 is 0. The summed E-state index contributed by atoms with van der Waals surface area (Å²) in [7, 11) is 0. The highest BCUT2D eigenvalue weighted by Gasteiger charge is 2.06. The van der Waals surface area contributed by atoms with E-state index in [1.165, 1.54) is 57.8 Å². The number of carboxylic acid groups (broad SMARTS) is 1. The van der Waals surface area contributed by atoms with Crippen LogP contribution in [0.5, 0.6) is 0 Å². The van der Waals surface area contributed by atoms with Gasteiger partial charge in [0.2, 0.25) is 0 Å². The van der Waals surface area contributed by atoms with Gasteiger partial charge in [0.1, 0.15) is 0 Å². The largest absolute Gasteiger partial charge is 0.481 e. The van der Waals surface area contributed by atoms with E-state index in [1.54, 1.807) is 0 Å². The van der Waals surface area contributed by atoms with Crippen LogP contribution >= 0.6 is 15.9 Å². The third-order valence-electron chi connectivity index (χ3n) is 3.35. The normalized spacial score (nSPS) is 12.6. The quantitative estimate of drug-likeness (QED) is 0.364. The number of aliphatic carboxylic acids is 1. The molecule has 0 aliphatic heterocycles. The van der Waals surface area contributed by atoms with E-state index in [4.69, 9.17) is 5.11 Å². The lowest BCUT2D eigenvalue weighted by Crippen LogP contribution is -2.03. The molecule has 0 aliphatic rings. The molecular formula is C15H29BrO2. The third-order valence-corrected chi connectivity index (χ3v) is 3.91. The Kier molecular flexibility index (Phi) is 13.3. The molecule has 0 aliphatic carbocycles. The summed E-state index contributed by atoms with van der Waals surface area (Å²) in [6, 6.07) is 0. The SMILES string of the molecule is CC(CCCCCCCCCCCBr)CC(=O)O. The molecule has 0 heterocycles. The van der Waals surface area contributed by atoms with Gasteiger partial charge in [0.15, 0.2) is 0 Å². The average molecular weight is 321 g/mol. The van der Waals surface area contributed by atoms with Gasteiger partial charge in [-0.15, -0.1) is 0 Å². The lowest BCUT2D eigenvalue weighted by molar-refractivity contribution is -0.138. The molecule has 3 heteroatoms. The Bertz CT molecular complexity index is 195. The minimum Gasteiger partial charge on any atom is -0.481 e. The van der Waals surface area contributed by atoms with Gasteiger partial charge in [-0.05, 0) is 12.3 Å². The second-order valence-electron chi connectivity index (χ2n) is 5.36. The van der Waals surface area contributed by atoms with Gasteiger partial charge in [0, 0.05) is 11.8 Å². The second-order valence-corrected chi connectivity index (χ2v) is 6.16. The van der Waals surface area contributed by atoms with Crippen molar-refractivity contribution in [3.05, 3.63) is 0 Å². The molecule has 0 fully saturated rings. The molecule has 1 N–H and O–H groups in total. The van der Waals surface area contributed by atoms with Crippen LogP contribution in [0.3, 0.4) is 0 Å². The van der Waals surface area contributed by atoms with Crippen LogP contribution in [0, 0.1) is 5.92 Å². The Morgan fingerprint density at radius 1 is 0.944 bits per heavy atom. The Morgan fingerprint density at radius 3 is 1.83 bits per heavy atom. The number of carboxylic acids is 1. The number of halogens is 1. The van der Waals surface area contributed by atoms with Crippen molar-refractivity contribution in [1.82, 2.24) is 0 Å². The van der Waals surface area contributed by atoms with Gasteiger partial charge in [0.25, 0.3) is 0 Å². The molecule has 0 aromatic heterocycles. The molecule has 0 saturated heterocycles. The van der Waals surface area contributed by atoms with Gasteiger partial charge < -0.3 is 5.11 Å². The number of carbonyl (C=O) groups is 1. The molecule has 1 unspecified atom stereocenters. The predicted molar refractivity (Wildman–Crippen MR) is 81.4 cm³/mol. The fourth-order valence-corrected chi connectivity index (χ4v) is 2.62. The van der Waals surface area contributed by atoms with Gasteiger partial charge in [-0.25, -0.2) is 0 Å². The van der Waals surface area contributed by atoms with Crippen LogP contribution in [0.4, 0.5) is 0 Å². The van der Waals surface area contributed by atoms with E-state index in [0.717, 1.165) is 11.8 Å². The molecular weight excluding hydrogens is 292 g/mol. The lowest BCUT2D eigenvalue weighted by atomic mass is 9.99. The van der Waals surface area contributed by atoms with Crippen molar-refractivity contribution < 1.29 is 9.90 Å². The summed E-state index contributed by atoms with van der Waals surface area (Å²) in [5.74, 6) is -0.322. The number of hydrogen-bond acceptors (Lipinski definition) is 1. The van der Waals surface area contributed by atoms with Crippen molar-refractivity contribution in [2.24, 2.45) is 5.92 Å². The average Bonchev–Trinajstić information content (AvgIpc) is 2.30. The van der Waals surface area contributed by atoms with Gasteiger partial charge in [-0.2, -0.15) is 0 Å². The van der Waals surface area contributed by atoms with Crippen LogP contribution < -0.4 is 0 Å². The maximum Gasteiger partial charge on any atom is 0.303 e. The molecule has 0 aromatic carbocycles. The Hall–Kier alpha value is -0.0500. The van der Waals surface area contributed by atoms with Crippen LogP contribution in [0.25, 0.3) is 0 Å². The van der Waals surface area contributed by atoms with Crippen molar-refractivity contribution in [2.75, 3.05) is 5.33 Å². The Morgan fingerprint density at radius 2 is 1.39 bits per heavy atom. The maximum absolute atomic E-state index is 10.5. The molecule has 0 saturated carbocycles. The minimum atomic E-state index is -0.661. The number of unbranched alkanes of at least 4 members (excludes halogenated alkanes) is 8. The number of rotatable bonds is 13. The molecule has 1 atom stereocenters. The summed E-state index contributed by atoms with van der Waals surface area (Å²) in [6.07, 6.45) is 13.3. The molecule has 0 rings (SSSR count). The summed E-state index contributed by atoms with van der Waals surface area (Å²) in [6.45, 7) is 2.04. The fourth-order valence-electron chi connectivity index (χ4n) is 2.22. The topological polar surface area (TPSA) is 37.3 Å². The maximum atomic E-state index is 10.5. The van der Waals surface area contributed by atoms with Crippen LogP contribution in [0.1, 0.15) is 77.6 Å². The Labute approximate surface area is 121 Å². The summed E-state index contributed by atoms with van der Waals surface area (Å²) >= 11 is 3.45. The summed E-state index contributed by atoms with van der Waals surface area (Å²) in [5.41, 5.74) is 0. The van der Waals surface area contributed by atoms with E-state index in [2.05, 4.69) is 15.9 Å². The van der Waals surface area contributed by atoms with Gasteiger partial charge >= 0.3 is 5.97 Å². The first kappa shape index (κ1) is 17.9. The predicted octanol–water partition coefficient (Wildman–Crippen LogP) is 5.39. The van der Waals surface area contributed by atoms with Crippen LogP contribution in [0.15, 0.2) is 0 Å². The summed E-state index contributed by atoms with van der Waals surface area (Å²) in [4.78, 5) is 10.5. The first-order valence-electron chi connectivity index (χ1n) is 7.44. The van der Waals surface area contributed by atoms with Crippen LogP contribution in [0.2, 0.25) is 0 Å². The lowest BCUT2D eigenvalue weighted by Gasteiger charge is -2.07. The van der Waals surface area contributed by atoms with Crippen molar-refractivity contribution in [3.63, 3.8) is 0 Å². The number of alkyl halides is 1. The molecule has 2 nitrogen and oxygen atoms in total. The smallest absolute Gasteiger partial charge is 0.303 e. The minimum absolute atomic E-state index is 0.327. The van der Waals surface area contributed by atoms with E-state index in [1.807, 2.05) is 6.92 Å². The molecule has 18 heavy (non-hydrogen) atoms. The molecule has 0 amide bonds. The second kappa shape index (κ2) is 13.4. The fraction of sp³-hybridized carbons (Fsp3) is 0.933.